The third kappa shape index (κ3) is 2.17. The maximum atomic E-state index is 10.2. The number of H-pyrrole nitrogens is 1. The van der Waals surface area contributed by atoms with Crippen molar-refractivity contribution in [3.05, 3.63) is 42.0 Å². The molecule has 114 valence electrons. The van der Waals surface area contributed by atoms with E-state index in [0.29, 0.717) is 11.5 Å². The van der Waals surface area contributed by atoms with Crippen LogP contribution in [0.3, 0.4) is 0 Å². The van der Waals surface area contributed by atoms with E-state index in [4.69, 9.17) is 9.47 Å². The van der Waals surface area contributed by atoms with Crippen LogP contribution in [-0.2, 0) is 6.42 Å². The number of phenols is 1. The van der Waals surface area contributed by atoms with E-state index in [1.807, 2.05) is 18.2 Å². The van der Waals surface area contributed by atoms with Crippen molar-refractivity contribution in [2.24, 2.45) is 0 Å². The third-order valence-electron chi connectivity index (χ3n) is 3.92. The Kier molecular flexibility index (Phi) is 3.67. The fourth-order valence-corrected chi connectivity index (χ4v) is 2.90. The second-order valence-corrected chi connectivity index (χ2v) is 5.11. The first-order valence-corrected chi connectivity index (χ1v) is 7.24. The zero-order chi connectivity index (χ0) is 15.7. The molecule has 0 fully saturated rings. The molecule has 2 N–H and O–H groups in total. The van der Waals surface area contributed by atoms with Crippen molar-refractivity contribution in [2.45, 2.75) is 13.3 Å². The summed E-state index contributed by atoms with van der Waals surface area (Å²) in [6.07, 6.45) is 0.897. The van der Waals surface area contributed by atoms with Gasteiger partial charge in [-0.1, -0.05) is 25.1 Å². The lowest BCUT2D eigenvalue weighted by atomic mass is 10.0. The van der Waals surface area contributed by atoms with Crippen LogP contribution in [-0.4, -0.2) is 24.3 Å². The standard InChI is InChI=1S/C18H19NO3/c1-4-12-13-7-5-6-8-14(13)19-17(12)11-9-15(20)18(22-3)16(10-11)21-2/h5-10,19-20H,4H2,1-3H3. The SMILES string of the molecule is CCc1c(-c2cc(O)c(OC)c(OC)c2)[nH]c2ccccc12. The monoisotopic (exact) mass is 297 g/mol. The Bertz CT molecular complexity index is 821. The first kappa shape index (κ1) is 14.3. The number of methoxy groups -OCH3 is 2. The minimum absolute atomic E-state index is 0.0672. The van der Waals surface area contributed by atoms with Gasteiger partial charge in [0.25, 0.3) is 0 Å². The zero-order valence-corrected chi connectivity index (χ0v) is 12.9. The Morgan fingerprint density at radius 2 is 1.86 bits per heavy atom. The number of aromatic amines is 1. The molecule has 1 aromatic heterocycles. The minimum atomic E-state index is 0.0672. The number of phenolic OH excluding ortho intramolecular Hbond substituents is 1. The van der Waals surface area contributed by atoms with E-state index >= 15 is 0 Å². The molecule has 0 saturated heterocycles. The molecule has 0 aliphatic rings. The van der Waals surface area contributed by atoms with Gasteiger partial charge in [0.05, 0.1) is 14.2 Å². The summed E-state index contributed by atoms with van der Waals surface area (Å²) in [6.45, 7) is 2.12. The average molecular weight is 297 g/mol. The maximum Gasteiger partial charge on any atom is 0.203 e. The zero-order valence-electron chi connectivity index (χ0n) is 12.9. The number of aromatic nitrogens is 1. The molecule has 0 aliphatic heterocycles. The van der Waals surface area contributed by atoms with Crippen molar-refractivity contribution in [3.8, 4) is 28.5 Å². The Labute approximate surface area is 129 Å². The van der Waals surface area contributed by atoms with Gasteiger partial charge in [0.15, 0.2) is 11.5 Å². The van der Waals surface area contributed by atoms with Crippen molar-refractivity contribution >= 4 is 10.9 Å². The number of hydrogen-bond acceptors (Lipinski definition) is 3. The molecule has 2 aromatic carbocycles. The van der Waals surface area contributed by atoms with Gasteiger partial charge in [-0.2, -0.15) is 0 Å². The van der Waals surface area contributed by atoms with Crippen LogP contribution in [0.5, 0.6) is 17.2 Å². The Balaban J connectivity index is 2.25. The van der Waals surface area contributed by atoms with Gasteiger partial charge in [-0.05, 0) is 30.2 Å². The predicted octanol–water partition coefficient (Wildman–Crippen LogP) is 4.12. The lowest BCUT2D eigenvalue weighted by Gasteiger charge is -2.12. The first-order valence-electron chi connectivity index (χ1n) is 7.24. The van der Waals surface area contributed by atoms with Crippen molar-refractivity contribution in [3.63, 3.8) is 0 Å². The number of hydrogen-bond donors (Lipinski definition) is 2. The lowest BCUT2D eigenvalue weighted by Crippen LogP contribution is -1.93. The summed E-state index contributed by atoms with van der Waals surface area (Å²) in [5.74, 6) is 0.927. The number of rotatable bonds is 4. The van der Waals surface area contributed by atoms with Gasteiger partial charge in [0, 0.05) is 22.2 Å². The normalized spacial score (nSPS) is 10.9. The summed E-state index contributed by atoms with van der Waals surface area (Å²) in [4.78, 5) is 3.44. The van der Waals surface area contributed by atoms with Gasteiger partial charge in [0.2, 0.25) is 5.75 Å². The van der Waals surface area contributed by atoms with Gasteiger partial charge in [-0.3, -0.25) is 0 Å². The van der Waals surface area contributed by atoms with Gasteiger partial charge in [0.1, 0.15) is 0 Å². The Hall–Kier alpha value is -2.62. The van der Waals surface area contributed by atoms with E-state index in [1.165, 1.54) is 18.1 Å². The highest BCUT2D eigenvalue weighted by atomic mass is 16.5. The number of aromatic hydroxyl groups is 1. The fourth-order valence-electron chi connectivity index (χ4n) is 2.90. The van der Waals surface area contributed by atoms with E-state index < -0.39 is 0 Å². The molecule has 0 saturated carbocycles. The van der Waals surface area contributed by atoms with Crippen LogP contribution in [0, 0.1) is 0 Å². The van der Waals surface area contributed by atoms with Gasteiger partial charge in [-0.25, -0.2) is 0 Å². The average Bonchev–Trinajstić information content (AvgIpc) is 2.92. The fraction of sp³-hybridized carbons (Fsp3) is 0.222. The number of aryl methyl sites for hydroxylation is 1. The molecule has 0 radical (unpaired) electrons. The highest BCUT2D eigenvalue weighted by molar-refractivity contribution is 5.91. The number of benzene rings is 2. The second kappa shape index (κ2) is 5.64. The molecule has 0 bridgehead atoms. The number of fused-ring (bicyclic) bond motifs is 1. The summed E-state index contributed by atoms with van der Waals surface area (Å²) in [5, 5.41) is 11.4. The molecule has 1 heterocycles. The smallest absolute Gasteiger partial charge is 0.203 e. The van der Waals surface area contributed by atoms with E-state index in [1.54, 1.807) is 13.2 Å². The van der Waals surface area contributed by atoms with Crippen molar-refractivity contribution in [1.82, 2.24) is 4.98 Å². The van der Waals surface area contributed by atoms with Crippen LogP contribution in [0.4, 0.5) is 0 Å². The maximum absolute atomic E-state index is 10.2. The molecular weight excluding hydrogens is 278 g/mol. The molecule has 0 spiro atoms. The Morgan fingerprint density at radius 3 is 2.55 bits per heavy atom. The molecule has 4 nitrogen and oxygen atoms in total. The predicted molar refractivity (Wildman–Crippen MR) is 87.9 cm³/mol. The van der Waals surface area contributed by atoms with Crippen LogP contribution < -0.4 is 9.47 Å². The van der Waals surface area contributed by atoms with Crippen molar-refractivity contribution < 1.29 is 14.6 Å². The highest BCUT2D eigenvalue weighted by Crippen LogP contribution is 2.42. The second-order valence-electron chi connectivity index (χ2n) is 5.11. The lowest BCUT2D eigenvalue weighted by molar-refractivity contribution is 0.333. The molecule has 0 unspecified atom stereocenters. The van der Waals surface area contributed by atoms with Gasteiger partial charge >= 0.3 is 0 Å². The number of nitrogens with one attached hydrogen (secondary N) is 1. The number of ether oxygens (including phenoxy) is 2. The largest absolute Gasteiger partial charge is 0.504 e. The quantitative estimate of drug-likeness (QED) is 0.761. The van der Waals surface area contributed by atoms with E-state index in [0.717, 1.165) is 23.2 Å². The van der Waals surface area contributed by atoms with Gasteiger partial charge < -0.3 is 19.6 Å². The van der Waals surface area contributed by atoms with Crippen LogP contribution >= 0.6 is 0 Å². The summed E-state index contributed by atoms with van der Waals surface area (Å²) in [6, 6.07) is 11.8. The molecule has 22 heavy (non-hydrogen) atoms. The first-order chi connectivity index (χ1) is 10.7. The van der Waals surface area contributed by atoms with E-state index in [-0.39, 0.29) is 5.75 Å². The van der Waals surface area contributed by atoms with Crippen LogP contribution in [0.2, 0.25) is 0 Å². The van der Waals surface area contributed by atoms with Crippen LogP contribution in [0.15, 0.2) is 36.4 Å². The van der Waals surface area contributed by atoms with E-state index in [2.05, 4.69) is 24.0 Å². The van der Waals surface area contributed by atoms with Crippen molar-refractivity contribution in [2.75, 3.05) is 14.2 Å². The molecule has 4 heteroatoms. The van der Waals surface area contributed by atoms with E-state index in [9.17, 15) is 5.11 Å². The molecule has 3 rings (SSSR count). The summed E-state index contributed by atoms with van der Waals surface area (Å²) >= 11 is 0. The summed E-state index contributed by atoms with van der Waals surface area (Å²) < 4.78 is 10.5. The Morgan fingerprint density at radius 1 is 1.09 bits per heavy atom. The molecule has 0 atom stereocenters. The molecule has 0 amide bonds. The number of para-hydroxylation sites is 1. The third-order valence-corrected chi connectivity index (χ3v) is 3.92. The van der Waals surface area contributed by atoms with Gasteiger partial charge in [-0.15, -0.1) is 0 Å². The molecular formula is C18H19NO3. The minimum Gasteiger partial charge on any atom is -0.504 e. The van der Waals surface area contributed by atoms with Crippen molar-refractivity contribution in [1.29, 1.82) is 0 Å². The summed E-state index contributed by atoms with van der Waals surface area (Å²) in [5.41, 5.74) is 4.19. The molecule has 3 aromatic rings. The molecule has 0 aliphatic carbocycles. The summed E-state index contributed by atoms with van der Waals surface area (Å²) in [7, 11) is 3.07. The van der Waals surface area contributed by atoms with Crippen LogP contribution in [0.25, 0.3) is 22.2 Å². The topological polar surface area (TPSA) is 54.5 Å². The van der Waals surface area contributed by atoms with Crippen LogP contribution in [0.1, 0.15) is 12.5 Å². The highest BCUT2D eigenvalue weighted by Gasteiger charge is 2.17.